The Bertz CT molecular complexity index is 2560. The average Bonchev–Trinajstić information content (AvgIpc) is 3.49. The zero-order valence-electron chi connectivity index (χ0n) is 23.9. The molecular weight excluding hydrogens is 571 g/mol. The van der Waals surface area contributed by atoms with Crippen LogP contribution in [0.1, 0.15) is 0 Å². The summed E-state index contributed by atoms with van der Waals surface area (Å²) in [6.07, 6.45) is 1.82. The van der Waals surface area contributed by atoms with E-state index in [1.54, 1.807) is 11.3 Å². The van der Waals surface area contributed by atoms with Crippen molar-refractivity contribution < 1.29 is 0 Å². The third-order valence-electron chi connectivity index (χ3n) is 8.15. The van der Waals surface area contributed by atoms with Crippen LogP contribution in [0.4, 0.5) is 0 Å². The molecule has 0 N–H and O–H groups in total. The van der Waals surface area contributed by atoms with Gasteiger partial charge in [-0.05, 0) is 30.3 Å². The number of benzene rings is 5. The Labute approximate surface area is 262 Å². The van der Waals surface area contributed by atoms with Crippen molar-refractivity contribution in [1.82, 2.24) is 24.9 Å². The lowest BCUT2D eigenvalue weighted by molar-refractivity contribution is 1.07. The minimum absolute atomic E-state index is 0.616. The van der Waals surface area contributed by atoms with Crippen molar-refractivity contribution in [2.45, 2.75) is 0 Å². The van der Waals surface area contributed by atoms with Gasteiger partial charge in [-0.25, -0.2) is 19.9 Å². The molecule has 0 bridgehead atoms. The first-order valence-electron chi connectivity index (χ1n) is 14.8. The summed E-state index contributed by atoms with van der Waals surface area (Å²) in [6, 6.07) is 45.7. The molecule has 6 heteroatoms. The number of thiophene rings is 1. The monoisotopic (exact) mass is 593 g/mol. The molecule has 0 radical (unpaired) electrons. The van der Waals surface area contributed by atoms with Crippen molar-refractivity contribution in [3.8, 4) is 45.4 Å². The van der Waals surface area contributed by atoms with Crippen LogP contribution in [0.15, 0.2) is 140 Å². The van der Waals surface area contributed by atoms with E-state index in [1.807, 2.05) is 54.7 Å². The topological polar surface area (TPSA) is 64.5 Å². The highest BCUT2D eigenvalue weighted by Crippen LogP contribution is 2.36. The van der Waals surface area contributed by atoms with Gasteiger partial charge in [0.25, 0.3) is 0 Å². The molecule has 0 amide bonds. The minimum atomic E-state index is 0.616. The molecule has 0 unspecified atom stereocenters. The van der Waals surface area contributed by atoms with Gasteiger partial charge in [-0.2, -0.15) is 0 Å². The summed E-state index contributed by atoms with van der Waals surface area (Å²) < 4.78 is 2.48. The maximum Gasteiger partial charge on any atom is 0.164 e. The molecule has 5 aromatic carbocycles. The summed E-state index contributed by atoms with van der Waals surface area (Å²) in [4.78, 5) is 24.7. The van der Waals surface area contributed by atoms with E-state index in [9.17, 15) is 0 Å². The summed E-state index contributed by atoms with van der Waals surface area (Å²) in [5.41, 5.74) is 6.44. The third-order valence-corrected chi connectivity index (χ3v) is 9.29. The van der Waals surface area contributed by atoms with Crippen LogP contribution in [-0.2, 0) is 0 Å². The van der Waals surface area contributed by atoms with Gasteiger partial charge in [0.15, 0.2) is 17.5 Å². The van der Waals surface area contributed by atoms with Gasteiger partial charge >= 0.3 is 0 Å². The number of pyridine rings is 2. The van der Waals surface area contributed by atoms with Gasteiger partial charge in [0, 0.05) is 59.4 Å². The summed E-state index contributed by atoms with van der Waals surface area (Å²) in [5.74, 6) is 1.90. The first kappa shape index (κ1) is 25.6. The van der Waals surface area contributed by atoms with Crippen LogP contribution < -0.4 is 0 Å². The fourth-order valence-electron chi connectivity index (χ4n) is 5.92. The van der Waals surface area contributed by atoms with Crippen LogP contribution in [0.5, 0.6) is 0 Å². The predicted molar refractivity (Wildman–Crippen MR) is 185 cm³/mol. The number of nitrogens with zero attached hydrogens (tertiary/aromatic N) is 5. The molecule has 9 rings (SSSR count). The molecular formula is C39H23N5S. The minimum Gasteiger partial charge on any atom is -0.254 e. The zero-order chi connectivity index (χ0) is 29.7. The lowest BCUT2D eigenvalue weighted by Gasteiger charge is -2.10. The van der Waals surface area contributed by atoms with Crippen molar-refractivity contribution in [2.24, 2.45) is 0 Å². The van der Waals surface area contributed by atoms with Crippen molar-refractivity contribution in [3.63, 3.8) is 0 Å². The Morgan fingerprint density at radius 3 is 1.93 bits per heavy atom. The zero-order valence-corrected chi connectivity index (χ0v) is 24.7. The molecule has 0 aliphatic rings. The lowest BCUT2D eigenvalue weighted by atomic mass is 10.0. The first-order valence-corrected chi connectivity index (χ1v) is 15.6. The maximum atomic E-state index is 5.07. The highest BCUT2D eigenvalue weighted by molar-refractivity contribution is 7.25. The third kappa shape index (κ3) is 4.51. The van der Waals surface area contributed by atoms with Gasteiger partial charge < -0.3 is 0 Å². The van der Waals surface area contributed by atoms with E-state index >= 15 is 0 Å². The highest BCUT2D eigenvalue weighted by Gasteiger charge is 2.15. The molecule has 4 aromatic heterocycles. The second-order valence-corrected chi connectivity index (χ2v) is 12.1. The van der Waals surface area contributed by atoms with Crippen LogP contribution in [0.3, 0.4) is 0 Å². The van der Waals surface area contributed by atoms with E-state index in [4.69, 9.17) is 19.9 Å². The normalized spacial score (nSPS) is 11.6. The summed E-state index contributed by atoms with van der Waals surface area (Å²) in [7, 11) is 0. The molecule has 210 valence electrons. The number of hydrogen-bond acceptors (Lipinski definition) is 6. The molecule has 0 fully saturated rings. The second kappa shape index (κ2) is 10.4. The van der Waals surface area contributed by atoms with Crippen molar-refractivity contribution in [1.29, 1.82) is 0 Å². The smallest absolute Gasteiger partial charge is 0.164 e. The van der Waals surface area contributed by atoms with Gasteiger partial charge in [0.2, 0.25) is 0 Å². The van der Waals surface area contributed by atoms with E-state index in [2.05, 4.69) is 89.9 Å². The predicted octanol–water partition coefficient (Wildman–Crippen LogP) is 10.0. The van der Waals surface area contributed by atoms with E-state index in [0.717, 1.165) is 49.8 Å². The fourth-order valence-corrected chi connectivity index (χ4v) is 7.06. The second-order valence-electron chi connectivity index (χ2n) is 11.0. The highest BCUT2D eigenvalue weighted by atomic mass is 32.1. The van der Waals surface area contributed by atoms with Gasteiger partial charge in [0.05, 0.1) is 16.7 Å². The standard InChI is InChI=1S/C39H23N5S/c1-2-8-26(9-3-1)37-42-38(44-39(43-37)29-17-19-31-30-13-4-5-14-33(30)45-34(31)23-29)28-11-6-10-27(22-28)32-20-18-25-16-15-24-12-7-21-40-35(24)36(25)41-32/h1-23H. The molecule has 0 spiro atoms. The van der Waals surface area contributed by atoms with Crippen LogP contribution in [0.2, 0.25) is 0 Å². The lowest BCUT2D eigenvalue weighted by Crippen LogP contribution is -2.00. The fraction of sp³-hybridized carbons (Fsp3) is 0. The summed E-state index contributed by atoms with van der Waals surface area (Å²) >= 11 is 1.79. The SMILES string of the molecule is c1ccc(-c2nc(-c3cccc(-c4ccc5ccc6cccnc6c5n4)c3)nc(-c3ccc4c(c3)sc3ccccc34)n2)cc1. The first-order chi connectivity index (χ1) is 22.3. The van der Waals surface area contributed by atoms with E-state index in [-0.39, 0.29) is 0 Å². The van der Waals surface area contributed by atoms with Gasteiger partial charge in [-0.15, -0.1) is 11.3 Å². The molecule has 0 saturated carbocycles. The summed E-state index contributed by atoms with van der Waals surface area (Å²) in [5, 5.41) is 4.65. The molecule has 45 heavy (non-hydrogen) atoms. The van der Waals surface area contributed by atoms with E-state index in [1.165, 1.54) is 20.2 Å². The van der Waals surface area contributed by atoms with Gasteiger partial charge in [-0.3, -0.25) is 4.98 Å². The molecule has 0 saturated heterocycles. The van der Waals surface area contributed by atoms with Crippen LogP contribution in [0, 0.1) is 0 Å². The van der Waals surface area contributed by atoms with Crippen molar-refractivity contribution >= 4 is 53.3 Å². The Hall–Kier alpha value is -5.85. The van der Waals surface area contributed by atoms with Crippen molar-refractivity contribution in [2.75, 3.05) is 0 Å². The van der Waals surface area contributed by atoms with Crippen LogP contribution in [0.25, 0.3) is 87.4 Å². The Morgan fingerprint density at radius 1 is 0.400 bits per heavy atom. The Balaban J connectivity index is 1.19. The van der Waals surface area contributed by atoms with Crippen LogP contribution in [-0.4, -0.2) is 24.9 Å². The average molecular weight is 594 g/mol. The summed E-state index contributed by atoms with van der Waals surface area (Å²) in [6.45, 7) is 0. The van der Waals surface area contributed by atoms with E-state index in [0.29, 0.717) is 17.5 Å². The molecule has 4 heterocycles. The number of aromatic nitrogens is 5. The Morgan fingerprint density at radius 2 is 1.07 bits per heavy atom. The Kier molecular flexibility index (Phi) is 5.92. The largest absolute Gasteiger partial charge is 0.254 e. The number of rotatable bonds is 4. The number of fused-ring (bicyclic) bond motifs is 6. The molecule has 5 nitrogen and oxygen atoms in total. The number of hydrogen-bond donors (Lipinski definition) is 0. The van der Waals surface area contributed by atoms with Crippen LogP contribution >= 0.6 is 11.3 Å². The van der Waals surface area contributed by atoms with E-state index < -0.39 is 0 Å². The molecule has 0 aliphatic carbocycles. The quantitative estimate of drug-likeness (QED) is 0.190. The molecule has 0 aliphatic heterocycles. The molecule has 9 aromatic rings. The maximum absolute atomic E-state index is 5.07. The van der Waals surface area contributed by atoms with Crippen molar-refractivity contribution in [3.05, 3.63) is 140 Å². The van der Waals surface area contributed by atoms with Gasteiger partial charge in [-0.1, -0.05) is 103 Å². The molecule has 0 atom stereocenters. The van der Waals surface area contributed by atoms with Gasteiger partial charge in [0.1, 0.15) is 0 Å².